The van der Waals surface area contributed by atoms with Crippen molar-refractivity contribution in [3.8, 4) is 0 Å². The van der Waals surface area contributed by atoms with Crippen LogP contribution in [0.3, 0.4) is 0 Å². The molecule has 0 unspecified atom stereocenters. The van der Waals surface area contributed by atoms with Gasteiger partial charge in [-0.25, -0.2) is 4.79 Å². The number of carbonyl (C=O) groups is 1. The monoisotopic (exact) mass is 248 g/mol. The molecular weight excluding hydrogens is 235 g/mol. The third-order valence-electron chi connectivity index (χ3n) is 2.70. The third-order valence-corrected chi connectivity index (χ3v) is 2.70. The van der Waals surface area contributed by atoms with Crippen molar-refractivity contribution in [2.75, 3.05) is 19.1 Å². The van der Waals surface area contributed by atoms with Crippen LogP contribution in [0.15, 0.2) is 42.6 Å². The summed E-state index contributed by atoms with van der Waals surface area (Å²) >= 11 is 0. The lowest BCUT2D eigenvalue weighted by molar-refractivity contribution is 0.0601. The van der Waals surface area contributed by atoms with Crippen molar-refractivity contribution in [3.05, 3.63) is 48.2 Å². The molecule has 1 aromatic carbocycles. The number of carbonyl (C=O) groups excluding carboxylic acids is 1. The first kappa shape index (κ1) is 12.2. The van der Waals surface area contributed by atoms with Gasteiger partial charge in [-0.3, -0.25) is 0 Å². The van der Waals surface area contributed by atoms with Crippen molar-refractivity contribution in [1.29, 1.82) is 0 Å². The van der Waals surface area contributed by atoms with Gasteiger partial charge in [-0.15, -0.1) is 0 Å². The van der Waals surface area contributed by atoms with Crippen LogP contribution in [0.4, 0.5) is 16.0 Å². The zero-order chi connectivity index (χ0) is 13.1. The SMILES string of the molecule is COC(=O)c1ccc(N(C)c2cccn2F)cc1. The van der Waals surface area contributed by atoms with Gasteiger partial charge in [-0.05, 0) is 36.4 Å². The Bertz CT molecular complexity index is 548. The molecule has 2 rings (SSSR count). The molecule has 0 spiro atoms. The molecule has 0 amide bonds. The Kier molecular flexibility index (Phi) is 3.32. The van der Waals surface area contributed by atoms with Gasteiger partial charge in [0, 0.05) is 18.9 Å². The summed E-state index contributed by atoms with van der Waals surface area (Å²) in [6.07, 6.45) is 1.33. The molecule has 0 atom stereocenters. The number of nitrogens with zero attached hydrogens (tertiary/aromatic N) is 2. The second-order valence-electron chi connectivity index (χ2n) is 3.78. The van der Waals surface area contributed by atoms with E-state index < -0.39 is 5.97 Å². The minimum Gasteiger partial charge on any atom is -0.465 e. The van der Waals surface area contributed by atoms with Crippen LogP contribution in [0.5, 0.6) is 0 Å². The zero-order valence-corrected chi connectivity index (χ0v) is 10.1. The van der Waals surface area contributed by atoms with Crippen molar-refractivity contribution in [2.45, 2.75) is 0 Å². The van der Waals surface area contributed by atoms with Gasteiger partial charge in [0.2, 0.25) is 0 Å². The number of halogens is 1. The number of methoxy groups -OCH3 is 1. The number of benzene rings is 1. The van der Waals surface area contributed by atoms with Crippen molar-refractivity contribution in [3.63, 3.8) is 0 Å². The van der Waals surface area contributed by atoms with Gasteiger partial charge < -0.3 is 9.64 Å². The maximum absolute atomic E-state index is 13.3. The van der Waals surface area contributed by atoms with Crippen LogP contribution < -0.4 is 4.90 Å². The summed E-state index contributed by atoms with van der Waals surface area (Å²) in [4.78, 5) is 13.5. The Balaban J connectivity index is 2.25. The fraction of sp³-hybridized carbons (Fsp3) is 0.154. The highest BCUT2D eigenvalue weighted by Gasteiger charge is 2.10. The van der Waals surface area contributed by atoms with E-state index in [9.17, 15) is 9.28 Å². The Morgan fingerprint density at radius 1 is 1.28 bits per heavy atom. The van der Waals surface area contributed by atoms with Gasteiger partial charge >= 0.3 is 5.97 Å². The summed E-state index contributed by atoms with van der Waals surface area (Å²) in [5, 5.41) is 0. The normalized spacial score (nSPS) is 10.2. The van der Waals surface area contributed by atoms with E-state index in [-0.39, 0.29) is 0 Å². The first-order chi connectivity index (χ1) is 8.63. The number of hydrogen-bond acceptors (Lipinski definition) is 3. The fourth-order valence-corrected chi connectivity index (χ4v) is 1.68. The number of rotatable bonds is 3. The van der Waals surface area contributed by atoms with Gasteiger partial charge in [0.1, 0.15) is 5.82 Å². The molecule has 0 aliphatic rings. The fourth-order valence-electron chi connectivity index (χ4n) is 1.68. The van der Waals surface area contributed by atoms with E-state index in [4.69, 9.17) is 0 Å². The third kappa shape index (κ3) is 2.20. The highest BCUT2D eigenvalue weighted by Crippen LogP contribution is 2.24. The predicted octanol–water partition coefficient (Wildman–Crippen LogP) is 2.78. The van der Waals surface area contributed by atoms with Crippen LogP contribution in [-0.4, -0.2) is 24.9 Å². The van der Waals surface area contributed by atoms with Crippen molar-refractivity contribution < 1.29 is 14.0 Å². The van der Waals surface area contributed by atoms with E-state index in [1.165, 1.54) is 13.3 Å². The topological polar surface area (TPSA) is 34.5 Å². The number of aromatic nitrogens is 1. The van der Waals surface area contributed by atoms with E-state index in [2.05, 4.69) is 4.74 Å². The quantitative estimate of drug-likeness (QED) is 0.783. The lowest BCUT2D eigenvalue weighted by atomic mass is 10.2. The average Bonchev–Trinajstić information content (AvgIpc) is 2.83. The highest BCUT2D eigenvalue weighted by molar-refractivity contribution is 5.89. The van der Waals surface area contributed by atoms with Gasteiger partial charge in [0.25, 0.3) is 0 Å². The summed E-state index contributed by atoms with van der Waals surface area (Å²) in [7, 11) is 3.08. The smallest absolute Gasteiger partial charge is 0.337 e. The molecule has 5 heteroatoms. The number of anilines is 2. The molecule has 4 nitrogen and oxygen atoms in total. The predicted molar refractivity (Wildman–Crippen MR) is 66.8 cm³/mol. The molecular formula is C13H13FN2O2. The average molecular weight is 248 g/mol. The van der Waals surface area contributed by atoms with E-state index in [1.807, 2.05) is 0 Å². The molecule has 0 N–H and O–H groups in total. The molecule has 0 fully saturated rings. The summed E-state index contributed by atoms with van der Waals surface area (Å²) in [5.41, 5.74) is 1.24. The number of esters is 1. The molecule has 0 saturated carbocycles. The van der Waals surface area contributed by atoms with Crippen LogP contribution in [-0.2, 0) is 4.74 Å². The zero-order valence-electron chi connectivity index (χ0n) is 10.1. The summed E-state index contributed by atoms with van der Waals surface area (Å²) < 4.78 is 18.0. The van der Waals surface area contributed by atoms with Crippen LogP contribution in [0.25, 0.3) is 0 Å². The van der Waals surface area contributed by atoms with Crippen LogP contribution in [0, 0.1) is 0 Å². The molecule has 94 valence electrons. The minimum absolute atomic E-state index is 0.391. The van der Waals surface area contributed by atoms with Gasteiger partial charge in [-0.2, -0.15) is 4.79 Å². The van der Waals surface area contributed by atoms with Crippen molar-refractivity contribution in [2.24, 2.45) is 0 Å². The first-order valence-electron chi connectivity index (χ1n) is 5.39. The van der Waals surface area contributed by atoms with Crippen molar-refractivity contribution in [1.82, 2.24) is 4.79 Å². The second kappa shape index (κ2) is 4.91. The Morgan fingerprint density at radius 2 is 1.94 bits per heavy atom. The van der Waals surface area contributed by atoms with E-state index in [1.54, 1.807) is 48.3 Å². The molecule has 1 aromatic heterocycles. The van der Waals surface area contributed by atoms with E-state index in [0.29, 0.717) is 16.2 Å². The van der Waals surface area contributed by atoms with Gasteiger partial charge in [0.05, 0.1) is 12.7 Å². The Hall–Kier alpha value is -2.30. The van der Waals surface area contributed by atoms with Crippen LogP contribution >= 0.6 is 0 Å². The lowest BCUT2D eigenvalue weighted by Crippen LogP contribution is -2.12. The second-order valence-corrected chi connectivity index (χ2v) is 3.78. The Labute approximate surface area is 104 Å². The highest BCUT2D eigenvalue weighted by atomic mass is 19.2. The lowest BCUT2D eigenvalue weighted by Gasteiger charge is -2.18. The molecule has 0 radical (unpaired) electrons. The molecule has 0 saturated heterocycles. The maximum Gasteiger partial charge on any atom is 0.337 e. The van der Waals surface area contributed by atoms with Gasteiger partial charge in [0.15, 0.2) is 0 Å². The van der Waals surface area contributed by atoms with Gasteiger partial charge in [-0.1, -0.05) is 4.48 Å². The molecule has 0 bridgehead atoms. The summed E-state index contributed by atoms with van der Waals surface area (Å²) in [5.74, 6) is 0.0267. The first-order valence-corrected chi connectivity index (χ1v) is 5.39. The van der Waals surface area contributed by atoms with Crippen LogP contribution in [0.2, 0.25) is 0 Å². The van der Waals surface area contributed by atoms with E-state index in [0.717, 1.165) is 5.69 Å². The molecule has 2 aromatic rings. The number of hydrogen-bond donors (Lipinski definition) is 0. The standard InChI is InChI=1S/C13H13FN2O2/c1-15(12-4-3-9-16(12)14)11-7-5-10(6-8-11)13(17)18-2/h3-9H,1-2H3. The van der Waals surface area contributed by atoms with Crippen molar-refractivity contribution >= 4 is 17.5 Å². The summed E-state index contributed by atoms with van der Waals surface area (Å²) in [6.45, 7) is 0. The molecule has 1 heterocycles. The Morgan fingerprint density at radius 3 is 2.44 bits per heavy atom. The molecule has 0 aliphatic carbocycles. The number of ether oxygens (including phenoxy) is 1. The minimum atomic E-state index is -0.391. The largest absolute Gasteiger partial charge is 0.465 e. The summed E-state index contributed by atoms with van der Waals surface area (Å²) in [6, 6.07) is 10.0. The van der Waals surface area contributed by atoms with E-state index >= 15 is 0 Å². The molecule has 18 heavy (non-hydrogen) atoms. The van der Waals surface area contributed by atoms with Crippen LogP contribution in [0.1, 0.15) is 10.4 Å². The maximum atomic E-state index is 13.3. The molecule has 0 aliphatic heterocycles.